The Labute approximate surface area is 132 Å². The molecule has 1 aliphatic heterocycles. The van der Waals surface area contributed by atoms with Crippen molar-refractivity contribution in [1.29, 1.82) is 0 Å². The largest absolute Gasteiger partial charge is 0.491 e. The summed E-state index contributed by atoms with van der Waals surface area (Å²) in [5.74, 6) is 0. The Balaban J connectivity index is 2.26. The van der Waals surface area contributed by atoms with Crippen LogP contribution in [0, 0.1) is 0 Å². The minimum Gasteiger partial charge on any atom is -0.400 e. The molecule has 0 amide bonds. The molecule has 0 aliphatic carbocycles. The summed E-state index contributed by atoms with van der Waals surface area (Å²) in [7, 11) is 1.54. The maximum Gasteiger partial charge on any atom is 0.491 e. The molecule has 2 rings (SSSR count). The van der Waals surface area contributed by atoms with E-state index >= 15 is 0 Å². The predicted molar refractivity (Wildman–Crippen MR) is 87.2 cm³/mol. The van der Waals surface area contributed by atoms with Crippen molar-refractivity contribution in [1.82, 2.24) is 10.3 Å². The number of hydrogen-bond acceptors (Lipinski definition) is 4. The van der Waals surface area contributed by atoms with Gasteiger partial charge in [0.15, 0.2) is 0 Å². The van der Waals surface area contributed by atoms with E-state index in [9.17, 15) is 0 Å². The quantitative estimate of drug-likeness (QED) is 0.686. The standard InChI is InChI=1S/C15H22BClN2O2/c1-14(2)15(3,4)21-16(20-14)12(10-18-5)8-11-6-7-13(17)19-9-11/h6-9,18H,10H2,1-5H3. The fourth-order valence-corrected chi connectivity index (χ4v) is 2.20. The van der Waals surface area contributed by atoms with E-state index in [1.165, 1.54) is 0 Å². The Hall–Kier alpha value is -0.875. The Morgan fingerprint density at radius 3 is 2.38 bits per heavy atom. The van der Waals surface area contributed by atoms with Crippen LogP contribution in [0.2, 0.25) is 5.15 Å². The Morgan fingerprint density at radius 1 is 1.29 bits per heavy atom. The lowest BCUT2D eigenvalue weighted by Gasteiger charge is -2.32. The number of halogens is 1. The third-order valence-electron chi connectivity index (χ3n) is 4.04. The highest BCUT2D eigenvalue weighted by atomic mass is 35.5. The van der Waals surface area contributed by atoms with Crippen LogP contribution < -0.4 is 5.32 Å². The van der Waals surface area contributed by atoms with Crippen LogP contribution in [0.15, 0.2) is 23.8 Å². The van der Waals surface area contributed by atoms with Crippen molar-refractivity contribution >= 4 is 24.8 Å². The van der Waals surface area contributed by atoms with E-state index in [1.807, 2.05) is 46.9 Å². The van der Waals surface area contributed by atoms with E-state index in [1.54, 1.807) is 12.3 Å². The van der Waals surface area contributed by atoms with Gasteiger partial charge in [0, 0.05) is 12.7 Å². The zero-order chi connectivity index (χ0) is 15.7. The first-order valence-electron chi connectivity index (χ1n) is 7.07. The summed E-state index contributed by atoms with van der Waals surface area (Å²) < 4.78 is 12.2. The van der Waals surface area contributed by atoms with Crippen molar-refractivity contribution in [2.24, 2.45) is 0 Å². The normalized spacial score (nSPS) is 20.9. The topological polar surface area (TPSA) is 43.4 Å². The summed E-state index contributed by atoms with van der Waals surface area (Å²) in [5, 5.41) is 3.64. The van der Waals surface area contributed by atoms with E-state index in [-0.39, 0.29) is 18.3 Å². The van der Waals surface area contributed by atoms with Crippen LogP contribution in [0.1, 0.15) is 33.3 Å². The van der Waals surface area contributed by atoms with Crippen LogP contribution in [-0.2, 0) is 9.31 Å². The van der Waals surface area contributed by atoms with Crippen LogP contribution in [0.4, 0.5) is 0 Å². The van der Waals surface area contributed by atoms with Crippen molar-refractivity contribution in [3.63, 3.8) is 0 Å². The monoisotopic (exact) mass is 308 g/mol. The molecule has 0 aromatic carbocycles. The van der Waals surface area contributed by atoms with Crippen LogP contribution in [0.25, 0.3) is 6.08 Å². The molecule has 0 spiro atoms. The number of likely N-dealkylation sites (N-methyl/N-ethyl adjacent to an activating group) is 1. The molecule has 1 saturated heterocycles. The summed E-state index contributed by atoms with van der Waals surface area (Å²) in [6.07, 6.45) is 3.77. The van der Waals surface area contributed by atoms with Crippen molar-refractivity contribution < 1.29 is 9.31 Å². The number of pyridine rings is 1. The zero-order valence-corrected chi connectivity index (χ0v) is 14.0. The lowest BCUT2D eigenvalue weighted by atomic mass is 9.77. The summed E-state index contributed by atoms with van der Waals surface area (Å²) in [4.78, 5) is 4.09. The molecule has 1 aliphatic rings. The molecule has 1 fully saturated rings. The summed E-state index contributed by atoms with van der Waals surface area (Å²) in [6, 6.07) is 3.70. The molecule has 1 N–H and O–H groups in total. The van der Waals surface area contributed by atoms with Gasteiger partial charge in [-0.15, -0.1) is 0 Å². The van der Waals surface area contributed by atoms with E-state index in [0.29, 0.717) is 11.7 Å². The molecule has 4 nitrogen and oxygen atoms in total. The average Bonchev–Trinajstić information content (AvgIpc) is 2.60. The zero-order valence-electron chi connectivity index (χ0n) is 13.2. The van der Waals surface area contributed by atoms with Gasteiger partial charge in [0.25, 0.3) is 0 Å². The molecule has 1 aromatic rings. The maximum absolute atomic E-state index is 6.10. The van der Waals surface area contributed by atoms with Gasteiger partial charge in [-0.2, -0.15) is 0 Å². The molecule has 0 bridgehead atoms. The Bertz CT molecular complexity index is 513. The minimum atomic E-state index is -0.363. The fraction of sp³-hybridized carbons (Fsp3) is 0.533. The molecule has 1 aromatic heterocycles. The summed E-state index contributed by atoms with van der Waals surface area (Å²) in [5.41, 5.74) is 1.31. The molecule has 0 atom stereocenters. The SMILES string of the molecule is CNCC(=Cc1ccc(Cl)nc1)B1OC(C)(C)C(C)(C)O1. The van der Waals surface area contributed by atoms with Gasteiger partial charge >= 0.3 is 7.12 Å². The van der Waals surface area contributed by atoms with Gasteiger partial charge in [-0.05, 0) is 51.8 Å². The van der Waals surface area contributed by atoms with E-state index < -0.39 is 0 Å². The van der Waals surface area contributed by atoms with Crippen molar-refractivity contribution in [2.45, 2.75) is 38.9 Å². The molecule has 6 heteroatoms. The first-order valence-corrected chi connectivity index (χ1v) is 7.45. The van der Waals surface area contributed by atoms with Gasteiger partial charge < -0.3 is 14.6 Å². The number of rotatable bonds is 4. The molecule has 2 heterocycles. The molecular weight excluding hydrogens is 286 g/mol. The first kappa shape index (κ1) is 16.5. The van der Waals surface area contributed by atoms with E-state index in [0.717, 1.165) is 11.0 Å². The van der Waals surface area contributed by atoms with Gasteiger partial charge in [-0.25, -0.2) is 4.98 Å². The highest BCUT2D eigenvalue weighted by Gasteiger charge is 2.52. The van der Waals surface area contributed by atoms with Gasteiger partial charge in [-0.3, -0.25) is 0 Å². The average molecular weight is 309 g/mol. The lowest BCUT2D eigenvalue weighted by Crippen LogP contribution is -2.41. The maximum atomic E-state index is 6.10. The number of nitrogens with one attached hydrogen (secondary N) is 1. The van der Waals surface area contributed by atoms with E-state index in [2.05, 4.69) is 10.3 Å². The van der Waals surface area contributed by atoms with Crippen molar-refractivity contribution in [3.8, 4) is 0 Å². The van der Waals surface area contributed by atoms with Crippen LogP contribution in [-0.4, -0.2) is 36.9 Å². The molecule has 0 saturated carbocycles. The second-order valence-corrected chi connectivity index (χ2v) is 6.64. The van der Waals surface area contributed by atoms with Gasteiger partial charge in [-0.1, -0.05) is 23.7 Å². The number of aromatic nitrogens is 1. The Morgan fingerprint density at radius 2 is 1.90 bits per heavy atom. The van der Waals surface area contributed by atoms with Gasteiger partial charge in [0.05, 0.1) is 11.2 Å². The minimum absolute atomic E-state index is 0.344. The van der Waals surface area contributed by atoms with Crippen molar-refractivity contribution in [3.05, 3.63) is 34.5 Å². The molecule has 0 radical (unpaired) electrons. The number of nitrogens with zero attached hydrogens (tertiary/aromatic N) is 1. The van der Waals surface area contributed by atoms with Gasteiger partial charge in [0.2, 0.25) is 0 Å². The van der Waals surface area contributed by atoms with Gasteiger partial charge in [0.1, 0.15) is 5.15 Å². The second kappa shape index (κ2) is 6.09. The molecule has 0 unspecified atom stereocenters. The van der Waals surface area contributed by atoms with Crippen LogP contribution >= 0.6 is 11.6 Å². The van der Waals surface area contributed by atoms with Crippen molar-refractivity contribution in [2.75, 3.05) is 13.6 Å². The highest BCUT2D eigenvalue weighted by Crippen LogP contribution is 2.38. The fourth-order valence-electron chi connectivity index (χ4n) is 2.09. The summed E-state index contributed by atoms with van der Waals surface area (Å²) in [6.45, 7) is 8.88. The number of hydrogen-bond donors (Lipinski definition) is 1. The summed E-state index contributed by atoms with van der Waals surface area (Å²) >= 11 is 5.82. The highest BCUT2D eigenvalue weighted by molar-refractivity contribution is 6.55. The molecule has 114 valence electrons. The van der Waals surface area contributed by atoms with Crippen LogP contribution in [0.5, 0.6) is 0 Å². The van der Waals surface area contributed by atoms with Crippen LogP contribution in [0.3, 0.4) is 0 Å². The predicted octanol–water partition coefficient (Wildman–Crippen LogP) is 2.97. The third kappa shape index (κ3) is 3.66. The van der Waals surface area contributed by atoms with E-state index in [4.69, 9.17) is 20.9 Å². The molecular formula is C15H22BClN2O2. The Kier molecular flexibility index (Phi) is 4.78. The first-order chi connectivity index (χ1) is 9.75. The lowest BCUT2D eigenvalue weighted by molar-refractivity contribution is 0.00578. The third-order valence-corrected chi connectivity index (χ3v) is 4.26. The smallest absolute Gasteiger partial charge is 0.400 e. The molecule has 21 heavy (non-hydrogen) atoms. The second-order valence-electron chi connectivity index (χ2n) is 6.25.